The first-order valence-electron chi connectivity index (χ1n) is 6.03. The molecular formula is C13H18N2O2S. The zero-order valence-corrected chi connectivity index (χ0v) is 11.3. The van der Waals surface area contributed by atoms with Crippen molar-refractivity contribution in [3.05, 3.63) is 29.8 Å². The highest BCUT2D eigenvalue weighted by atomic mass is 32.1. The summed E-state index contributed by atoms with van der Waals surface area (Å²) >= 11 is 5.38. The lowest BCUT2D eigenvalue weighted by Gasteiger charge is -2.23. The van der Waals surface area contributed by atoms with Crippen LogP contribution in [0.15, 0.2) is 24.3 Å². The van der Waals surface area contributed by atoms with E-state index in [1.54, 1.807) is 7.11 Å². The van der Waals surface area contributed by atoms with Gasteiger partial charge in [0.1, 0.15) is 12.4 Å². The Hall–Kier alpha value is -1.33. The Kier molecular flexibility index (Phi) is 4.78. The molecule has 5 heteroatoms. The zero-order chi connectivity index (χ0) is 12.8. The number of methoxy groups -OCH3 is 1. The Morgan fingerprint density at radius 1 is 1.50 bits per heavy atom. The summed E-state index contributed by atoms with van der Waals surface area (Å²) in [4.78, 5) is 2.12. The lowest BCUT2D eigenvalue weighted by molar-refractivity contribution is 0.202. The van der Waals surface area contributed by atoms with Crippen LogP contribution in [0.3, 0.4) is 0 Å². The van der Waals surface area contributed by atoms with Crippen LogP contribution in [0.25, 0.3) is 0 Å². The molecule has 0 unspecified atom stereocenters. The summed E-state index contributed by atoms with van der Waals surface area (Å²) in [5.41, 5.74) is 1.17. The lowest BCUT2D eigenvalue weighted by atomic mass is 10.2. The van der Waals surface area contributed by atoms with E-state index in [-0.39, 0.29) is 0 Å². The first-order chi connectivity index (χ1) is 8.81. The standard InChI is InChI=1S/C13H18N2O2S/c1-16-8-6-14-13(18)15-7-9-17-12-5-3-2-4-11(12)10-15/h2-5H,6-10H2,1H3,(H,14,18). The fraction of sp³-hybridized carbons (Fsp3) is 0.462. The number of fused-ring (bicyclic) bond motifs is 1. The number of nitrogens with zero attached hydrogens (tertiary/aromatic N) is 1. The second-order valence-corrected chi connectivity index (χ2v) is 4.49. The predicted octanol–water partition coefficient (Wildman–Crippen LogP) is 1.40. The third kappa shape index (κ3) is 3.34. The van der Waals surface area contributed by atoms with Gasteiger partial charge in [-0.3, -0.25) is 0 Å². The van der Waals surface area contributed by atoms with Crippen molar-refractivity contribution in [1.29, 1.82) is 0 Å². The number of hydrogen-bond donors (Lipinski definition) is 1. The van der Waals surface area contributed by atoms with Crippen LogP contribution in [0.1, 0.15) is 5.56 Å². The summed E-state index contributed by atoms with van der Waals surface area (Å²) in [6.07, 6.45) is 0. The maximum atomic E-state index is 5.70. The Balaban J connectivity index is 1.97. The van der Waals surface area contributed by atoms with Gasteiger partial charge in [0.15, 0.2) is 5.11 Å². The Labute approximate surface area is 113 Å². The van der Waals surface area contributed by atoms with E-state index in [0.717, 1.165) is 30.5 Å². The van der Waals surface area contributed by atoms with Gasteiger partial charge in [0.2, 0.25) is 0 Å². The molecule has 1 aromatic rings. The Bertz CT molecular complexity index is 412. The van der Waals surface area contributed by atoms with E-state index in [0.29, 0.717) is 13.2 Å². The smallest absolute Gasteiger partial charge is 0.169 e. The Morgan fingerprint density at radius 2 is 2.33 bits per heavy atom. The monoisotopic (exact) mass is 266 g/mol. The third-order valence-electron chi connectivity index (χ3n) is 2.82. The molecule has 0 bridgehead atoms. The van der Waals surface area contributed by atoms with Crippen LogP contribution in [0, 0.1) is 0 Å². The van der Waals surface area contributed by atoms with Crippen LogP contribution in [0.2, 0.25) is 0 Å². The van der Waals surface area contributed by atoms with Crippen molar-refractivity contribution in [2.75, 3.05) is 33.4 Å². The van der Waals surface area contributed by atoms with Crippen molar-refractivity contribution in [3.8, 4) is 5.75 Å². The number of ether oxygens (including phenoxy) is 2. The van der Waals surface area contributed by atoms with E-state index >= 15 is 0 Å². The normalized spacial score (nSPS) is 14.4. The maximum Gasteiger partial charge on any atom is 0.169 e. The molecule has 0 fully saturated rings. The SMILES string of the molecule is COCCNC(=S)N1CCOc2ccccc2C1. The number of hydrogen-bond acceptors (Lipinski definition) is 3. The summed E-state index contributed by atoms with van der Waals surface area (Å²) < 4.78 is 10.7. The molecule has 0 saturated heterocycles. The molecule has 0 radical (unpaired) electrons. The number of para-hydroxylation sites is 1. The summed E-state index contributed by atoms with van der Waals surface area (Å²) in [5, 5.41) is 3.95. The molecule has 0 atom stereocenters. The van der Waals surface area contributed by atoms with Crippen molar-refractivity contribution in [2.24, 2.45) is 0 Å². The fourth-order valence-electron chi connectivity index (χ4n) is 1.87. The maximum absolute atomic E-state index is 5.70. The van der Waals surface area contributed by atoms with Crippen molar-refractivity contribution >= 4 is 17.3 Å². The molecule has 0 spiro atoms. The van der Waals surface area contributed by atoms with Gasteiger partial charge in [-0.25, -0.2) is 0 Å². The number of nitrogens with one attached hydrogen (secondary N) is 1. The van der Waals surface area contributed by atoms with Gasteiger partial charge in [-0.05, 0) is 18.3 Å². The van der Waals surface area contributed by atoms with E-state index in [4.69, 9.17) is 21.7 Å². The van der Waals surface area contributed by atoms with Crippen molar-refractivity contribution < 1.29 is 9.47 Å². The fourth-order valence-corrected chi connectivity index (χ4v) is 2.13. The Morgan fingerprint density at radius 3 is 3.17 bits per heavy atom. The highest BCUT2D eigenvalue weighted by molar-refractivity contribution is 7.80. The average Bonchev–Trinajstić information content (AvgIpc) is 2.61. The van der Waals surface area contributed by atoms with E-state index < -0.39 is 0 Å². The molecule has 18 heavy (non-hydrogen) atoms. The van der Waals surface area contributed by atoms with Gasteiger partial charge >= 0.3 is 0 Å². The molecule has 0 saturated carbocycles. The predicted molar refractivity (Wildman–Crippen MR) is 74.8 cm³/mol. The van der Waals surface area contributed by atoms with Gasteiger partial charge in [-0.15, -0.1) is 0 Å². The minimum absolute atomic E-state index is 0.654. The molecule has 1 heterocycles. The van der Waals surface area contributed by atoms with Gasteiger partial charge in [0, 0.05) is 25.8 Å². The summed E-state index contributed by atoms with van der Waals surface area (Å²) in [5.74, 6) is 0.958. The van der Waals surface area contributed by atoms with Gasteiger partial charge in [-0.2, -0.15) is 0 Å². The first-order valence-corrected chi connectivity index (χ1v) is 6.44. The summed E-state index contributed by atoms with van der Waals surface area (Å²) in [6, 6.07) is 8.09. The van der Waals surface area contributed by atoms with Gasteiger partial charge in [0.05, 0.1) is 13.2 Å². The summed E-state index contributed by atoms with van der Waals surface area (Å²) in [6.45, 7) is 3.63. The number of thiocarbonyl (C=S) groups is 1. The van der Waals surface area contributed by atoms with Gasteiger partial charge in [0.25, 0.3) is 0 Å². The number of rotatable bonds is 3. The van der Waals surface area contributed by atoms with E-state index in [2.05, 4.69) is 16.3 Å². The van der Waals surface area contributed by atoms with Crippen LogP contribution >= 0.6 is 12.2 Å². The number of benzene rings is 1. The van der Waals surface area contributed by atoms with Crippen LogP contribution in [-0.2, 0) is 11.3 Å². The largest absolute Gasteiger partial charge is 0.491 e. The van der Waals surface area contributed by atoms with E-state index in [9.17, 15) is 0 Å². The molecule has 4 nitrogen and oxygen atoms in total. The molecule has 2 rings (SSSR count). The highest BCUT2D eigenvalue weighted by Gasteiger charge is 2.16. The molecule has 1 aliphatic heterocycles. The second kappa shape index (κ2) is 6.56. The van der Waals surface area contributed by atoms with Crippen LogP contribution in [0.4, 0.5) is 0 Å². The second-order valence-electron chi connectivity index (χ2n) is 4.10. The average molecular weight is 266 g/mol. The van der Waals surface area contributed by atoms with Crippen LogP contribution < -0.4 is 10.1 Å². The van der Waals surface area contributed by atoms with Gasteiger partial charge < -0.3 is 19.7 Å². The first kappa shape index (κ1) is 13.1. The van der Waals surface area contributed by atoms with Crippen molar-refractivity contribution in [3.63, 3.8) is 0 Å². The minimum atomic E-state index is 0.654. The third-order valence-corrected chi connectivity index (χ3v) is 3.22. The van der Waals surface area contributed by atoms with Crippen LogP contribution in [-0.4, -0.2) is 43.4 Å². The van der Waals surface area contributed by atoms with Crippen molar-refractivity contribution in [2.45, 2.75) is 6.54 Å². The topological polar surface area (TPSA) is 33.7 Å². The van der Waals surface area contributed by atoms with E-state index in [1.807, 2.05) is 18.2 Å². The molecule has 1 aromatic carbocycles. The molecule has 1 N–H and O–H groups in total. The van der Waals surface area contributed by atoms with E-state index in [1.165, 1.54) is 5.56 Å². The van der Waals surface area contributed by atoms with Crippen LogP contribution in [0.5, 0.6) is 5.75 Å². The molecule has 0 aliphatic carbocycles. The molecule has 0 aromatic heterocycles. The molecular weight excluding hydrogens is 248 g/mol. The minimum Gasteiger partial charge on any atom is -0.491 e. The highest BCUT2D eigenvalue weighted by Crippen LogP contribution is 2.22. The van der Waals surface area contributed by atoms with Crippen molar-refractivity contribution in [1.82, 2.24) is 10.2 Å². The lowest BCUT2D eigenvalue weighted by Crippen LogP contribution is -2.41. The van der Waals surface area contributed by atoms with Gasteiger partial charge in [-0.1, -0.05) is 18.2 Å². The molecule has 0 amide bonds. The molecule has 98 valence electrons. The quantitative estimate of drug-likeness (QED) is 0.661. The molecule has 1 aliphatic rings. The summed E-state index contributed by atoms with van der Waals surface area (Å²) in [7, 11) is 1.68. The zero-order valence-electron chi connectivity index (χ0n) is 10.5.